The molecule has 1 aliphatic rings. The molecule has 1 aromatic heterocycles. The minimum absolute atomic E-state index is 0.242. The van der Waals surface area contributed by atoms with E-state index in [0.29, 0.717) is 17.7 Å². The van der Waals surface area contributed by atoms with Gasteiger partial charge in [0.2, 0.25) is 0 Å². The van der Waals surface area contributed by atoms with Crippen LogP contribution in [0.1, 0.15) is 28.6 Å². The minimum atomic E-state index is -0.719. The van der Waals surface area contributed by atoms with Gasteiger partial charge < -0.3 is 19.7 Å². The van der Waals surface area contributed by atoms with Crippen molar-refractivity contribution >= 4 is 5.97 Å². The number of aromatic nitrogens is 1. The lowest BCUT2D eigenvalue weighted by Gasteiger charge is -2.12. The summed E-state index contributed by atoms with van der Waals surface area (Å²) in [7, 11) is 1.31. The Morgan fingerprint density at radius 3 is 3.06 bits per heavy atom. The van der Waals surface area contributed by atoms with Crippen LogP contribution in [-0.4, -0.2) is 47.1 Å². The second kappa shape index (κ2) is 5.43. The van der Waals surface area contributed by atoms with Crippen LogP contribution in [0.3, 0.4) is 0 Å². The predicted molar refractivity (Wildman–Crippen MR) is 60.9 cm³/mol. The maximum atomic E-state index is 11.4. The third kappa shape index (κ3) is 2.50. The summed E-state index contributed by atoms with van der Waals surface area (Å²) in [6, 6.07) is 3.12. The van der Waals surface area contributed by atoms with Gasteiger partial charge in [0.05, 0.1) is 31.1 Å². The first kappa shape index (κ1) is 12.9. The van der Waals surface area contributed by atoms with Gasteiger partial charge in [-0.3, -0.25) is 4.98 Å². The molecule has 2 rings (SSSR count). The number of carbonyl (C=O) groups is 1. The maximum Gasteiger partial charge on any atom is 0.337 e. The number of rotatable bonds is 3. The lowest BCUT2D eigenvalue weighted by molar-refractivity contribution is -0.0236. The molecule has 1 saturated heterocycles. The summed E-state index contributed by atoms with van der Waals surface area (Å²) in [6.07, 6.45) is 0.107. The number of methoxy groups -OCH3 is 1. The van der Waals surface area contributed by atoms with Crippen LogP contribution in [0.15, 0.2) is 18.3 Å². The van der Waals surface area contributed by atoms with Crippen LogP contribution in [0.25, 0.3) is 0 Å². The molecule has 18 heavy (non-hydrogen) atoms. The average molecular weight is 253 g/mol. The largest absolute Gasteiger partial charge is 0.465 e. The topological polar surface area (TPSA) is 88.9 Å². The summed E-state index contributed by atoms with van der Waals surface area (Å²) in [4.78, 5) is 15.5. The Labute approximate surface area is 104 Å². The maximum absolute atomic E-state index is 11.4. The van der Waals surface area contributed by atoms with Crippen molar-refractivity contribution in [3.63, 3.8) is 0 Å². The van der Waals surface area contributed by atoms with E-state index in [4.69, 9.17) is 9.84 Å². The Hall–Kier alpha value is -1.50. The van der Waals surface area contributed by atoms with E-state index in [1.54, 1.807) is 12.1 Å². The van der Waals surface area contributed by atoms with Gasteiger partial charge in [-0.15, -0.1) is 0 Å². The number of esters is 1. The minimum Gasteiger partial charge on any atom is -0.465 e. The van der Waals surface area contributed by atoms with Crippen LogP contribution in [0.5, 0.6) is 0 Å². The van der Waals surface area contributed by atoms with Gasteiger partial charge in [0.1, 0.15) is 12.2 Å². The van der Waals surface area contributed by atoms with E-state index < -0.39 is 24.3 Å². The van der Waals surface area contributed by atoms with E-state index in [0.717, 1.165) is 0 Å². The van der Waals surface area contributed by atoms with Crippen molar-refractivity contribution in [1.29, 1.82) is 0 Å². The summed E-state index contributed by atoms with van der Waals surface area (Å²) in [5.74, 6) is -0.448. The summed E-state index contributed by atoms with van der Waals surface area (Å²) in [5, 5.41) is 18.6. The highest BCUT2D eigenvalue weighted by Gasteiger charge is 2.35. The first-order valence-corrected chi connectivity index (χ1v) is 5.64. The van der Waals surface area contributed by atoms with Crippen LogP contribution in [0.4, 0.5) is 0 Å². The van der Waals surface area contributed by atoms with E-state index in [9.17, 15) is 9.90 Å². The molecule has 1 fully saturated rings. The molecule has 0 bridgehead atoms. The Bertz CT molecular complexity index is 436. The molecule has 1 aliphatic heterocycles. The van der Waals surface area contributed by atoms with Gasteiger partial charge >= 0.3 is 5.97 Å². The first-order chi connectivity index (χ1) is 8.65. The number of ether oxygens (including phenoxy) is 2. The number of hydrogen-bond donors (Lipinski definition) is 2. The zero-order chi connectivity index (χ0) is 13.1. The second-order valence-electron chi connectivity index (χ2n) is 4.11. The smallest absolute Gasteiger partial charge is 0.337 e. The highest BCUT2D eigenvalue weighted by atomic mass is 16.5. The van der Waals surface area contributed by atoms with Crippen molar-refractivity contribution in [2.45, 2.75) is 24.7 Å². The average Bonchev–Trinajstić information content (AvgIpc) is 2.79. The lowest BCUT2D eigenvalue weighted by Crippen LogP contribution is -2.24. The number of aliphatic hydroxyl groups is 2. The van der Waals surface area contributed by atoms with Crippen LogP contribution in [0, 0.1) is 0 Å². The summed E-state index contributed by atoms with van der Waals surface area (Å²) in [6.45, 7) is -0.242. The number of aliphatic hydroxyl groups excluding tert-OH is 2. The van der Waals surface area contributed by atoms with Crippen LogP contribution >= 0.6 is 0 Å². The molecule has 0 unspecified atom stereocenters. The molecule has 1 aromatic rings. The Morgan fingerprint density at radius 1 is 1.67 bits per heavy atom. The molecule has 0 saturated carbocycles. The molecule has 98 valence electrons. The molecule has 6 heteroatoms. The number of pyridine rings is 1. The quantitative estimate of drug-likeness (QED) is 0.740. The summed E-state index contributed by atoms with van der Waals surface area (Å²) in [5.41, 5.74) is 0.931. The highest BCUT2D eigenvalue weighted by Crippen LogP contribution is 2.32. The Morgan fingerprint density at radius 2 is 2.44 bits per heavy atom. The van der Waals surface area contributed by atoms with Gasteiger partial charge in [0.15, 0.2) is 0 Å². The molecule has 3 atom stereocenters. The Kier molecular flexibility index (Phi) is 3.90. The highest BCUT2D eigenvalue weighted by molar-refractivity contribution is 5.89. The van der Waals surface area contributed by atoms with Gasteiger partial charge in [-0.1, -0.05) is 0 Å². The Balaban J connectivity index is 2.17. The van der Waals surface area contributed by atoms with Gasteiger partial charge in [-0.25, -0.2) is 4.79 Å². The first-order valence-electron chi connectivity index (χ1n) is 5.64. The molecule has 2 N–H and O–H groups in total. The zero-order valence-electron chi connectivity index (χ0n) is 9.94. The van der Waals surface area contributed by atoms with Gasteiger partial charge in [0.25, 0.3) is 0 Å². The van der Waals surface area contributed by atoms with E-state index in [-0.39, 0.29) is 6.61 Å². The van der Waals surface area contributed by atoms with Crippen LogP contribution in [-0.2, 0) is 9.47 Å². The normalized spacial score (nSPS) is 27.2. The number of hydrogen-bond acceptors (Lipinski definition) is 6. The van der Waals surface area contributed by atoms with Gasteiger partial charge in [-0.2, -0.15) is 0 Å². The van der Waals surface area contributed by atoms with E-state index in [1.165, 1.54) is 13.3 Å². The predicted octanol–water partition coefficient (Wildman–Crippen LogP) is 0.0514. The van der Waals surface area contributed by atoms with E-state index >= 15 is 0 Å². The molecule has 0 aliphatic carbocycles. The molecular formula is C12H15NO5. The SMILES string of the molecule is COC(=O)c1ccnc([C@@H]2C[C@H](O)[C@@H](CO)O2)c1. The molecule has 0 spiro atoms. The lowest BCUT2D eigenvalue weighted by atomic mass is 10.1. The molecule has 0 radical (unpaired) electrons. The van der Waals surface area contributed by atoms with Crippen molar-refractivity contribution < 1.29 is 24.5 Å². The number of nitrogens with zero attached hydrogens (tertiary/aromatic N) is 1. The fourth-order valence-electron chi connectivity index (χ4n) is 1.95. The zero-order valence-corrected chi connectivity index (χ0v) is 9.94. The molecular weight excluding hydrogens is 238 g/mol. The molecule has 0 aromatic carbocycles. The van der Waals surface area contributed by atoms with Crippen molar-refractivity contribution in [1.82, 2.24) is 4.98 Å². The van der Waals surface area contributed by atoms with Crippen molar-refractivity contribution in [2.75, 3.05) is 13.7 Å². The van der Waals surface area contributed by atoms with Crippen LogP contribution < -0.4 is 0 Å². The third-order valence-corrected chi connectivity index (χ3v) is 2.94. The van der Waals surface area contributed by atoms with Gasteiger partial charge in [0, 0.05) is 12.6 Å². The third-order valence-electron chi connectivity index (χ3n) is 2.94. The monoisotopic (exact) mass is 253 g/mol. The summed E-state index contributed by atoms with van der Waals surface area (Å²) < 4.78 is 10.1. The van der Waals surface area contributed by atoms with E-state index in [1.807, 2.05) is 0 Å². The fourth-order valence-corrected chi connectivity index (χ4v) is 1.95. The number of carbonyl (C=O) groups excluding carboxylic acids is 1. The molecule has 2 heterocycles. The van der Waals surface area contributed by atoms with Crippen molar-refractivity contribution in [3.8, 4) is 0 Å². The summed E-state index contributed by atoms with van der Waals surface area (Å²) >= 11 is 0. The van der Waals surface area contributed by atoms with Crippen LogP contribution in [0.2, 0.25) is 0 Å². The standard InChI is InChI=1S/C12H15NO5/c1-17-12(16)7-2-3-13-8(4-7)10-5-9(15)11(6-14)18-10/h2-4,9-11,14-15H,5-6H2,1H3/t9-,10-,11+/m0/s1. The second-order valence-corrected chi connectivity index (χ2v) is 4.11. The van der Waals surface area contributed by atoms with Crippen molar-refractivity contribution in [3.05, 3.63) is 29.6 Å². The fraction of sp³-hybridized carbons (Fsp3) is 0.500. The van der Waals surface area contributed by atoms with Crippen molar-refractivity contribution in [2.24, 2.45) is 0 Å². The molecule has 6 nitrogen and oxygen atoms in total. The van der Waals surface area contributed by atoms with E-state index in [2.05, 4.69) is 9.72 Å². The molecule has 0 amide bonds. The van der Waals surface area contributed by atoms with Gasteiger partial charge in [-0.05, 0) is 12.1 Å².